The maximum absolute atomic E-state index is 10.9. The summed E-state index contributed by atoms with van der Waals surface area (Å²) in [4.78, 5) is 10.9. The van der Waals surface area contributed by atoms with Crippen LogP contribution in [0.5, 0.6) is 0 Å². The minimum atomic E-state index is -1.00. The predicted octanol–water partition coefficient (Wildman–Crippen LogP) is 3.47. The van der Waals surface area contributed by atoms with Gasteiger partial charge in [-0.3, -0.25) is 0 Å². The first-order valence-corrected chi connectivity index (χ1v) is 7.92. The highest BCUT2D eigenvalue weighted by Crippen LogP contribution is 2.26. The van der Waals surface area contributed by atoms with Crippen molar-refractivity contribution in [3.8, 4) is 0 Å². The van der Waals surface area contributed by atoms with Gasteiger partial charge in [0.1, 0.15) is 5.78 Å². The van der Waals surface area contributed by atoms with E-state index in [1.165, 1.54) is 24.2 Å². The van der Waals surface area contributed by atoms with Gasteiger partial charge in [-0.2, -0.15) is 0 Å². The first kappa shape index (κ1) is 11.9. The van der Waals surface area contributed by atoms with Crippen molar-refractivity contribution in [2.24, 2.45) is 0 Å². The van der Waals surface area contributed by atoms with Gasteiger partial charge in [-0.25, -0.2) is 0 Å². The van der Waals surface area contributed by atoms with E-state index >= 15 is 0 Å². The quantitative estimate of drug-likeness (QED) is 0.580. The maximum Gasteiger partial charge on any atom is 0.129 e. The molecule has 12 heavy (non-hydrogen) atoms. The van der Waals surface area contributed by atoms with Crippen LogP contribution < -0.4 is 0 Å². The van der Waals surface area contributed by atoms with Crippen molar-refractivity contribution >= 4 is 13.9 Å². The van der Waals surface area contributed by atoms with Crippen LogP contribution >= 0.6 is 0 Å². The molecule has 0 aromatic heterocycles. The number of carbonyl (C=O) groups excluding carboxylic acids is 1. The Hall–Kier alpha value is -0.113. The summed E-state index contributed by atoms with van der Waals surface area (Å²) in [5.41, 5.74) is 0. The summed E-state index contributed by atoms with van der Waals surface area (Å²) >= 11 is 0. The number of carbonyl (C=O) groups is 1. The second kappa shape index (κ2) is 5.52. The Labute approximate surface area is 77.6 Å². The van der Waals surface area contributed by atoms with Crippen LogP contribution in [-0.2, 0) is 4.79 Å². The molecule has 0 aliphatic heterocycles. The van der Waals surface area contributed by atoms with Crippen molar-refractivity contribution in [2.75, 3.05) is 0 Å². The van der Waals surface area contributed by atoms with E-state index in [1.807, 2.05) is 0 Å². The van der Waals surface area contributed by atoms with E-state index in [-0.39, 0.29) is 0 Å². The number of ketones is 1. The zero-order valence-electron chi connectivity index (χ0n) is 8.94. The van der Waals surface area contributed by atoms with Crippen LogP contribution in [0.2, 0.25) is 24.2 Å². The second-order valence-corrected chi connectivity index (χ2v) is 9.38. The van der Waals surface area contributed by atoms with Gasteiger partial charge in [0, 0.05) is 6.42 Å². The molecule has 0 aromatic rings. The van der Waals surface area contributed by atoms with Crippen LogP contribution in [0.3, 0.4) is 0 Å². The minimum absolute atomic E-state index is 0.363. The lowest BCUT2D eigenvalue weighted by Gasteiger charge is -2.27. The molecular weight excluding hydrogens is 164 g/mol. The fourth-order valence-electron chi connectivity index (χ4n) is 1.72. The summed E-state index contributed by atoms with van der Waals surface area (Å²) in [5, 5.41) is 0. The predicted molar refractivity (Wildman–Crippen MR) is 57.3 cm³/mol. The third kappa shape index (κ3) is 3.52. The van der Waals surface area contributed by atoms with E-state index in [4.69, 9.17) is 0 Å². The standard InChI is InChI=1S/C10H22OSi/c1-5-12(6-2,7-3)9-8-10(4)11/h5-9H2,1-4H3. The van der Waals surface area contributed by atoms with Gasteiger partial charge >= 0.3 is 0 Å². The Morgan fingerprint density at radius 1 is 1.08 bits per heavy atom. The maximum atomic E-state index is 10.9. The van der Waals surface area contributed by atoms with Gasteiger partial charge in [0.05, 0.1) is 8.07 Å². The van der Waals surface area contributed by atoms with Crippen LogP contribution in [0.4, 0.5) is 0 Å². The topological polar surface area (TPSA) is 17.1 Å². The van der Waals surface area contributed by atoms with Crippen molar-refractivity contribution in [3.63, 3.8) is 0 Å². The third-order valence-electron chi connectivity index (χ3n) is 3.26. The summed E-state index contributed by atoms with van der Waals surface area (Å²) in [7, 11) is -1.00. The SMILES string of the molecule is CC[Si](CC)(CC)CCC(C)=O. The van der Waals surface area contributed by atoms with Crippen molar-refractivity contribution in [1.82, 2.24) is 0 Å². The summed E-state index contributed by atoms with van der Waals surface area (Å²) < 4.78 is 0. The van der Waals surface area contributed by atoms with E-state index in [0.29, 0.717) is 5.78 Å². The lowest BCUT2D eigenvalue weighted by molar-refractivity contribution is -0.116. The molecule has 0 amide bonds. The van der Waals surface area contributed by atoms with Crippen molar-refractivity contribution in [1.29, 1.82) is 0 Å². The average molecular weight is 186 g/mol. The number of rotatable bonds is 6. The molecule has 0 rings (SSSR count). The molecule has 2 heteroatoms. The number of Topliss-reactive ketones (excluding diaryl/α,β-unsaturated/α-hetero) is 1. The van der Waals surface area contributed by atoms with E-state index in [0.717, 1.165) is 6.42 Å². The Kier molecular flexibility index (Phi) is 5.47. The highest BCUT2D eigenvalue weighted by molar-refractivity contribution is 6.79. The van der Waals surface area contributed by atoms with Crippen molar-refractivity contribution in [3.05, 3.63) is 0 Å². The first-order valence-electron chi connectivity index (χ1n) is 5.09. The molecule has 0 spiro atoms. The number of hydrogen-bond donors (Lipinski definition) is 0. The molecule has 72 valence electrons. The summed E-state index contributed by atoms with van der Waals surface area (Å²) in [6.07, 6.45) is 0.821. The van der Waals surface area contributed by atoms with Gasteiger partial charge in [-0.1, -0.05) is 44.9 Å². The van der Waals surface area contributed by atoms with Crippen LogP contribution in [0.1, 0.15) is 34.1 Å². The second-order valence-electron chi connectivity index (χ2n) is 3.76. The fourth-order valence-corrected chi connectivity index (χ4v) is 5.16. The van der Waals surface area contributed by atoms with Crippen LogP contribution in [0.25, 0.3) is 0 Å². The Bertz CT molecular complexity index is 131. The van der Waals surface area contributed by atoms with Gasteiger partial charge < -0.3 is 4.79 Å². The molecule has 0 bridgehead atoms. The molecule has 0 fully saturated rings. The molecule has 0 heterocycles. The third-order valence-corrected chi connectivity index (χ3v) is 9.07. The molecule has 0 atom stereocenters. The largest absolute Gasteiger partial charge is 0.300 e. The molecule has 0 aromatic carbocycles. The highest BCUT2D eigenvalue weighted by Gasteiger charge is 2.26. The van der Waals surface area contributed by atoms with E-state index in [9.17, 15) is 4.79 Å². The van der Waals surface area contributed by atoms with Crippen LogP contribution in [0, 0.1) is 0 Å². The molecule has 1 nitrogen and oxygen atoms in total. The van der Waals surface area contributed by atoms with Gasteiger partial charge in [0.25, 0.3) is 0 Å². The van der Waals surface area contributed by atoms with Gasteiger partial charge in [0.15, 0.2) is 0 Å². The van der Waals surface area contributed by atoms with Crippen molar-refractivity contribution < 1.29 is 4.79 Å². The van der Waals surface area contributed by atoms with Crippen LogP contribution in [0.15, 0.2) is 0 Å². The Morgan fingerprint density at radius 2 is 1.50 bits per heavy atom. The highest BCUT2D eigenvalue weighted by atomic mass is 28.3. The molecule has 0 N–H and O–H groups in total. The minimum Gasteiger partial charge on any atom is -0.300 e. The molecule has 0 aliphatic rings. The molecule has 0 saturated carbocycles. The molecule has 0 unspecified atom stereocenters. The molecule has 0 saturated heterocycles. The smallest absolute Gasteiger partial charge is 0.129 e. The van der Waals surface area contributed by atoms with Gasteiger partial charge in [-0.05, 0) is 6.92 Å². The summed E-state index contributed by atoms with van der Waals surface area (Å²) in [6, 6.07) is 5.24. The zero-order valence-corrected chi connectivity index (χ0v) is 9.94. The van der Waals surface area contributed by atoms with E-state index in [2.05, 4.69) is 20.8 Å². The van der Waals surface area contributed by atoms with E-state index < -0.39 is 8.07 Å². The van der Waals surface area contributed by atoms with Crippen LogP contribution in [-0.4, -0.2) is 13.9 Å². The van der Waals surface area contributed by atoms with Crippen molar-refractivity contribution in [2.45, 2.75) is 58.3 Å². The molecule has 0 aliphatic carbocycles. The average Bonchev–Trinajstić information content (AvgIpc) is 2.08. The Morgan fingerprint density at radius 3 is 1.75 bits per heavy atom. The number of hydrogen-bond acceptors (Lipinski definition) is 1. The summed E-state index contributed by atoms with van der Waals surface area (Å²) in [5.74, 6) is 0.363. The Balaban J connectivity index is 4.01. The fraction of sp³-hybridized carbons (Fsp3) is 0.900. The molecular formula is C10H22OSi. The normalized spacial score (nSPS) is 11.7. The summed E-state index contributed by atoms with van der Waals surface area (Å²) in [6.45, 7) is 8.58. The first-order chi connectivity index (χ1) is 5.60. The molecule has 0 radical (unpaired) electrons. The lowest BCUT2D eigenvalue weighted by atomic mass is 10.4. The lowest BCUT2D eigenvalue weighted by Crippen LogP contribution is -2.31. The van der Waals surface area contributed by atoms with Gasteiger partial charge in [-0.15, -0.1) is 0 Å². The zero-order chi connectivity index (χ0) is 9.61. The van der Waals surface area contributed by atoms with Gasteiger partial charge in [0.2, 0.25) is 0 Å². The van der Waals surface area contributed by atoms with E-state index in [1.54, 1.807) is 6.92 Å². The monoisotopic (exact) mass is 186 g/mol.